The van der Waals surface area contributed by atoms with Gasteiger partial charge in [-0.05, 0) is 72.5 Å². The van der Waals surface area contributed by atoms with Crippen molar-refractivity contribution in [2.75, 3.05) is 0 Å². The van der Waals surface area contributed by atoms with Gasteiger partial charge in [0.2, 0.25) is 0 Å². The number of hydrogen-bond donors (Lipinski definition) is 0. The van der Waals surface area contributed by atoms with E-state index in [9.17, 15) is 0 Å². The molecule has 2 aliphatic carbocycles. The first-order chi connectivity index (χ1) is 24.3. The van der Waals surface area contributed by atoms with Crippen molar-refractivity contribution in [2.24, 2.45) is 0 Å². The van der Waals surface area contributed by atoms with E-state index in [1.165, 1.54) is 82.6 Å². The summed E-state index contributed by atoms with van der Waals surface area (Å²) in [7, 11) is 0. The van der Waals surface area contributed by atoms with Crippen LogP contribution in [0.5, 0.6) is 0 Å². The summed E-state index contributed by atoms with van der Waals surface area (Å²) >= 11 is 0. The molecule has 1 aromatic heterocycles. The molecule has 0 bridgehead atoms. The van der Waals surface area contributed by atoms with E-state index in [0.29, 0.717) is 0 Å². The van der Waals surface area contributed by atoms with Crippen LogP contribution < -0.4 is 0 Å². The van der Waals surface area contributed by atoms with Crippen LogP contribution in [-0.4, -0.2) is 4.98 Å². The van der Waals surface area contributed by atoms with Crippen LogP contribution in [0.3, 0.4) is 0 Å². The van der Waals surface area contributed by atoms with E-state index in [0.717, 1.165) is 16.8 Å². The van der Waals surface area contributed by atoms with Gasteiger partial charge >= 0.3 is 0 Å². The Labute approximate surface area is 284 Å². The number of pyridine rings is 1. The Morgan fingerprint density at radius 1 is 0.347 bits per heavy atom. The normalized spacial score (nSPS) is 13.5. The molecule has 0 amide bonds. The third-order valence-electron chi connectivity index (χ3n) is 11.1. The minimum absolute atomic E-state index is 0.377. The maximum atomic E-state index is 5.37. The summed E-state index contributed by atoms with van der Waals surface area (Å²) in [6, 6.07) is 64.7. The topological polar surface area (TPSA) is 12.9 Å². The largest absolute Gasteiger partial charge is 0.247 e. The van der Waals surface area contributed by atoms with E-state index < -0.39 is 0 Å². The molecule has 0 fully saturated rings. The van der Waals surface area contributed by atoms with Gasteiger partial charge < -0.3 is 0 Å². The Morgan fingerprint density at radius 2 is 0.898 bits per heavy atom. The minimum atomic E-state index is -0.377. The number of para-hydroxylation sites is 1. The molecule has 0 saturated carbocycles. The van der Waals surface area contributed by atoms with Crippen molar-refractivity contribution in [1.82, 2.24) is 4.98 Å². The number of aromatic nitrogens is 1. The van der Waals surface area contributed by atoms with Crippen molar-refractivity contribution in [3.05, 3.63) is 198 Å². The molecule has 8 aromatic carbocycles. The van der Waals surface area contributed by atoms with Crippen molar-refractivity contribution < 1.29 is 0 Å². The van der Waals surface area contributed by atoms with E-state index in [1.54, 1.807) is 0 Å². The first-order valence-corrected chi connectivity index (χ1v) is 17.1. The second-order valence-corrected chi connectivity index (χ2v) is 13.4. The molecule has 0 unspecified atom stereocenters. The molecule has 0 radical (unpaired) electrons. The van der Waals surface area contributed by atoms with Crippen molar-refractivity contribution in [3.63, 3.8) is 0 Å². The smallest absolute Gasteiger partial charge is 0.0788 e. The first-order valence-electron chi connectivity index (χ1n) is 17.1. The van der Waals surface area contributed by atoms with E-state index >= 15 is 0 Å². The molecule has 0 aliphatic heterocycles. The Balaban J connectivity index is 1.20. The molecule has 1 nitrogen and oxygen atoms in total. The zero-order valence-corrected chi connectivity index (χ0v) is 26.7. The van der Waals surface area contributed by atoms with Crippen LogP contribution in [0.4, 0.5) is 0 Å². The summed E-state index contributed by atoms with van der Waals surface area (Å²) in [5.74, 6) is 0. The average Bonchev–Trinajstić information content (AvgIpc) is 3.65. The summed E-state index contributed by atoms with van der Waals surface area (Å²) in [6.45, 7) is 0. The molecule has 49 heavy (non-hydrogen) atoms. The summed E-state index contributed by atoms with van der Waals surface area (Å²) in [6.07, 6.45) is 0. The quantitative estimate of drug-likeness (QED) is 0.175. The lowest BCUT2D eigenvalue weighted by Crippen LogP contribution is -2.25. The SMILES string of the molecule is c1ccc2c(c1)-c1ccccc1C21c2ccccc2-c2c1ccc1c(-c3ccc(-c4cccc5ccccc45)cc3)nc3ccccc3c21. The molecular weight excluding hydrogens is 591 g/mol. The van der Waals surface area contributed by atoms with Gasteiger partial charge in [0, 0.05) is 21.7 Å². The molecule has 9 aromatic rings. The zero-order chi connectivity index (χ0) is 32.1. The molecule has 1 spiro atoms. The predicted octanol–water partition coefficient (Wildman–Crippen LogP) is 12.2. The third kappa shape index (κ3) is 3.46. The van der Waals surface area contributed by atoms with Crippen molar-refractivity contribution in [1.29, 1.82) is 0 Å². The first kappa shape index (κ1) is 26.7. The monoisotopic (exact) mass is 619 g/mol. The fourth-order valence-electron chi connectivity index (χ4n) is 9.13. The lowest BCUT2D eigenvalue weighted by Gasteiger charge is -2.30. The van der Waals surface area contributed by atoms with Crippen molar-refractivity contribution in [3.8, 4) is 44.6 Å². The fourth-order valence-corrected chi connectivity index (χ4v) is 9.13. The van der Waals surface area contributed by atoms with Gasteiger partial charge in [0.05, 0.1) is 16.6 Å². The van der Waals surface area contributed by atoms with Crippen LogP contribution in [0.15, 0.2) is 176 Å². The number of benzene rings is 8. The maximum Gasteiger partial charge on any atom is 0.0788 e. The van der Waals surface area contributed by atoms with Crippen LogP contribution in [0, 0.1) is 0 Å². The highest BCUT2D eigenvalue weighted by Gasteiger charge is 2.52. The molecule has 0 N–H and O–H groups in total. The highest BCUT2D eigenvalue weighted by atomic mass is 14.7. The maximum absolute atomic E-state index is 5.37. The van der Waals surface area contributed by atoms with Gasteiger partial charge in [0.25, 0.3) is 0 Å². The van der Waals surface area contributed by atoms with Gasteiger partial charge in [-0.3, -0.25) is 0 Å². The van der Waals surface area contributed by atoms with Gasteiger partial charge in [-0.1, -0.05) is 170 Å². The minimum Gasteiger partial charge on any atom is -0.247 e. The average molecular weight is 620 g/mol. The van der Waals surface area contributed by atoms with Gasteiger partial charge in [-0.25, -0.2) is 4.98 Å². The fraction of sp³-hybridized carbons (Fsp3) is 0.0208. The number of hydrogen-bond acceptors (Lipinski definition) is 1. The van der Waals surface area contributed by atoms with Crippen LogP contribution in [0.25, 0.3) is 77.1 Å². The van der Waals surface area contributed by atoms with Crippen LogP contribution >= 0.6 is 0 Å². The second-order valence-electron chi connectivity index (χ2n) is 13.4. The summed E-state index contributed by atoms with van der Waals surface area (Å²) in [5.41, 5.74) is 16.0. The summed E-state index contributed by atoms with van der Waals surface area (Å²) in [4.78, 5) is 5.37. The van der Waals surface area contributed by atoms with Crippen molar-refractivity contribution >= 4 is 32.4 Å². The van der Waals surface area contributed by atoms with Crippen LogP contribution in [0.2, 0.25) is 0 Å². The Morgan fingerprint density at radius 3 is 1.65 bits per heavy atom. The van der Waals surface area contributed by atoms with Gasteiger partial charge in [0.1, 0.15) is 0 Å². The number of rotatable bonds is 2. The third-order valence-corrected chi connectivity index (χ3v) is 11.1. The van der Waals surface area contributed by atoms with Crippen LogP contribution in [0.1, 0.15) is 22.3 Å². The molecule has 1 heteroatoms. The summed E-state index contributed by atoms with van der Waals surface area (Å²) in [5, 5.41) is 6.18. The summed E-state index contributed by atoms with van der Waals surface area (Å²) < 4.78 is 0. The molecule has 11 rings (SSSR count). The zero-order valence-electron chi connectivity index (χ0n) is 26.7. The van der Waals surface area contributed by atoms with Gasteiger partial charge in [-0.15, -0.1) is 0 Å². The molecule has 0 saturated heterocycles. The van der Waals surface area contributed by atoms with E-state index in [-0.39, 0.29) is 5.41 Å². The molecule has 0 atom stereocenters. The second kappa shape index (κ2) is 9.86. The standard InChI is InChI=1S/C48H29N/c1-2-14-33-30(12-1)13-11-19-34(33)31-24-26-32(27-25-31)47-39-28-29-43-46(45(39)38-18-6-10-23-44(38)49-47)37-17-5-9-22-42(37)48(43)40-20-7-3-15-35(40)36-16-4-8-21-41(36)48/h1-29H. The Kier molecular flexibility index (Phi) is 5.38. The van der Waals surface area contributed by atoms with E-state index in [2.05, 4.69) is 176 Å². The Bertz CT molecular complexity index is 2770. The number of nitrogens with zero attached hydrogens (tertiary/aromatic N) is 1. The lowest BCUT2D eigenvalue weighted by atomic mass is 9.70. The molecule has 1 heterocycles. The Hall–Kier alpha value is -6.31. The number of fused-ring (bicyclic) bond motifs is 15. The van der Waals surface area contributed by atoms with Crippen LogP contribution in [-0.2, 0) is 5.41 Å². The highest BCUT2D eigenvalue weighted by molar-refractivity contribution is 6.20. The van der Waals surface area contributed by atoms with Gasteiger partial charge in [0.15, 0.2) is 0 Å². The molecular formula is C48H29N. The van der Waals surface area contributed by atoms with E-state index in [1.807, 2.05) is 0 Å². The lowest BCUT2D eigenvalue weighted by molar-refractivity contribution is 0.794. The highest BCUT2D eigenvalue weighted by Crippen LogP contribution is 2.64. The van der Waals surface area contributed by atoms with Gasteiger partial charge in [-0.2, -0.15) is 0 Å². The van der Waals surface area contributed by atoms with E-state index in [4.69, 9.17) is 4.98 Å². The van der Waals surface area contributed by atoms with Crippen molar-refractivity contribution in [2.45, 2.75) is 5.41 Å². The molecule has 226 valence electrons. The molecule has 2 aliphatic rings. The predicted molar refractivity (Wildman–Crippen MR) is 204 cm³/mol.